The van der Waals surface area contributed by atoms with Crippen LogP contribution < -0.4 is 5.32 Å². The molecular weight excluding hydrogens is 186 g/mol. The Labute approximate surface area is 82.5 Å². The number of hydrogen-bond donors (Lipinski definition) is 2. The Bertz CT molecular complexity index is 327. The number of aliphatic hydroxyl groups excluding tert-OH is 1. The third-order valence-electron chi connectivity index (χ3n) is 2.62. The molecule has 0 radical (unpaired) electrons. The molecule has 0 bridgehead atoms. The van der Waals surface area contributed by atoms with E-state index >= 15 is 0 Å². The van der Waals surface area contributed by atoms with Gasteiger partial charge in [0.1, 0.15) is 0 Å². The number of halogens is 1. The molecular formula is C10H12ClNO. The Morgan fingerprint density at radius 2 is 2.31 bits per heavy atom. The van der Waals surface area contributed by atoms with Gasteiger partial charge in [0.15, 0.2) is 0 Å². The summed E-state index contributed by atoms with van der Waals surface area (Å²) in [6.45, 7) is 0. The molecule has 2 rings (SSSR count). The van der Waals surface area contributed by atoms with Crippen molar-refractivity contribution < 1.29 is 5.11 Å². The van der Waals surface area contributed by atoms with E-state index in [-0.39, 0.29) is 6.04 Å². The minimum Gasteiger partial charge on any atom is -0.387 e. The average Bonchev–Trinajstić information content (AvgIpc) is 2.42. The molecule has 13 heavy (non-hydrogen) atoms. The molecule has 2 atom stereocenters. The summed E-state index contributed by atoms with van der Waals surface area (Å²) in [6.07, 6.45) is 0.463. The summed E-state index contributed by atoms with van der Waals surface area (Å²) in [5.41, 5.74) is 2.16. The molecule has 1 aromatic carbocycles. The van der Waals surface area contributed by atoms with Crippen LogP contribution in [0.15, 0.2) is 18.2 Å². The maximum atomic E-state index is 9.83. The van der Waals surface area contributed by atoms with Gasteiger partial charge < -0.3 is 10.4 Å². The molecule has 2 N–H and O–H groups in total. The van der Waals surface area contributed by atoms with E-state index in [1.807, 2.05) is 25.2 Å². The van der Waals surface area contributed by atoms with E-state index in [1.54, 1.807) is 0 Å². The van der Waals surface area contributed by atoms with Crippen molar-refractivity contribution in [3.63, 3.8) is 0 Å². The van der Waals surface area contributed by atoms with Gasteiger partial charge >= 0.3 is 0 Å². The second-order valence-electron chi connectivity index (χ2n) is 3.39. The molecule has 1 aromatic rings. The van der Waals surface area contributed by atoms with Crippen LogP contribution >= 0.6 is 11.6 Å². The Morgan fingerprint density at radius 3 is 3.00 bits per heavy atom. The van der Waals surface area contributed by atoms with Gasteiger partial charge in [-0.05, 0) is 36.7 Å². The van der Waals surface area contributed by atoms with Gasteiger partial charge in [0.2, 0.25) is 0 Å². The predicted molar refractivity (Wildman–Crippen MR) is 53.0 cm³/mol. The zero-order valence-electron chi connectivity index (χ0n) is 7.42. The molecule has 1 aliphatic rings. The van der Waals surface area contributed by atoms with Crippen LogP contribution in [0.4, 0.5) is 0 Å². The molecule has 0 spiro atoms. The highest BCUT2D eigenvalue weighted by Crippen LogP contribution is 2.32. The van der Waals surface area contributed by atoms with E-state index < -0.39 is 6.10 Å². The highest BCUT2D eigenvalue weighted by Gasteiger charge is 2.29. The summed E-state index contributed by atoms with van der Waals surface area (Å²) >= 11 is 5.86. The van der Waals surface area contributed by atoms with Crippen molar-refractivity contribution in [1.29, 1.82) is 0 Å². The van der Waals surface area contributed by atoms with Crippen LogP contribution in [0.1, 0.15) is 17.2 Å². The quantitative estimate of drug-likeness (QED) is 0.716. The second kappa shape index (κ2) is 3.29. The highest BCUT2D eigenvalue weighted by atomic mass is 35.5. The van der Waals surface area contributed by atoms with Gasteiger partial charge in [0.05, 0.1) is 6.10 Å². The smallest absolute Gasteiger partial charge is 0.0948 e. The van der Waals surface area contributed by atoms with Gasteiger partial charge in [-0.2, -0.15) is 0 Å². The topological polar surface area (TPSA) is 32.3 Å². The standard InChI is InChI=1S/C10H12ClNO/c1-12-9-5-6-4-7(11)2-3-8(6)10(9)13/h2-4,9-10,12-13H,5H2,1H3. The van der Waals surface area contributed by atoms with Crippen LogP contribution in [0.5, 0.6) is 0 Å². The van der Waals surface area contributed by atoms with Crippen LogP contribution in [0, 0.1) is 0 Å². The first-order chi connectivity index (χ1) is 6.22. The zero-order chi connectivity index (χ0) is 9.42. The van der Waals surface area contributed by atoms with Gasteiger partial charge in [-0.1, -0.05) is 17.7 Å². The van der Waals surface area contributed by atoms with Crippen molar-refractivity contribution in [1.82, 2.24) is 5.32 Å². The SMILES string of the molecule is CNC1Cc2cc(Cl)ccc2C1O. The molecule has 0 amide bonds. The number of fused-ring (bicyclic) bond motifs is 1. The van der Waals surface area contributed by atoms with Gasteiger partial charge in [0.25, 0.3) is 0 Å². The summed E-state index contributed by atoms with van der Waals surface area (Å²) in [4.78, 5) is 0. The van der Waals surface area contributed by atoms with Crippen molar-refractivity contribution in [2.75, 3.05) is 7.05 Å². The highest BCUT2D eigenvalue weighted by molar-refractivity contribution is 6.30. The lowest BCUT2D eigenvalue weighted by molar-refractivity contribution is 0.146. The monoisotopic (exact) mass is 197 g/mol. The van der Waals surface area contributed by atoms with Crippen molar-refractivity contribution in [2.45, 2.75) is 18.6 Å². The minimum atomic E-state index is -0.391. The number of benzene rings is 1. The lowest BCUT2D eigenvalue weighted by atomic mass is 10.1. The van der Waals surface area contributed by atoms with E-state index in [0.717, 1.165) is 22.6 Å². The van der Waals surface area contributed by atoms with Crippen molar-refractivity contribution >= 4 is 11.6 Å². The molecule has 1 aliphatic carbocycles. The number of nitrogens with one attached hydrogen (secondary N) is 1. The van der Waals surface area contributed by atoms with Crippen molar-refractivity contribution in [2.24, 2.45) is 0 Å². The van der Waals surface area contributed by atoms with Gasteiger partial charge in [-0.25, -0.2) is 0 Å². The lowest BCUT2D eigenvalue weighted by Gasteiger charge is -2.12. The fraction of sp³-hybridized carbons (Fsp3) is 0.400. The fourth-order valence-corrected chi connectivity index (χ4v) is 2.06. The Kier molecular flexibility index (Phi) is 2.28. The number of likely N-dealkylation sites (N-methyl/N-ethyl adjacent to an activating group) is 1. The van der Waals surface area contributed by atoms with E-state index in [2.05, 4.69) is 5.32 Å². The first-order valence-corrected chi connectivity index (χ1v) is 4.74. The summed E-state index contributed by atoms with van der Waals surface area (Å²) in [7, 11) is 1.86. The molecule has 70 valence electrons. The molecule has 0 saturated carbocycles. The third kappa shape index (κ3) is 1.46. The van der Waals surface area contributed by atoms with Crippen LogP contribution in [0.25, 0.3) is 0 Å². The lowest BCUT2D eigenvalue weighted by Crippen LogP contribution is -2.29. The van der Waals surface area contributed by atoms with Crippen LogP contribution in [0.3, 0.4) is 0 Å². The summed E-state index contributed by atoms with van der Waals surface area (Å²) in [6, 6.07) is 5.78. The number of rotatable bonds is 1. The molecule has 2 nitrogen and oxygen atoms in total. The fourth-order valence-electron chi connectivity index (χ4n) is 1.86. The largest absolute Gasteiger partial charge is 0.387 e. The van der Waals surface area contributed by atoms with E-state index in [4.69, 9.17) is 11.6 Å². The van der Waals surface area contributed by atoms with E-state index in [0.29, 0.717) is 0 Å². The number of aliphatic hydroxyl groups is 1. The number of hydrogen-bond acceptors (Lipinski definition) is 2. The van der Waals surface area contributed by atoms with Crippen LogP contribution in [-0.2, 0) is 6.42 Å². The molecule has 0 heterocycles. The summed E-state index contributed by atoms with van der Waals surface area (Å²) in [5, 5.41) is 13.7. The Balaban J connectivity index is 2.38. The molecule has 2 unspecified atom stereocenters. The second-order valence-corrected chi connectivity index (χ2v) is 3.82. The Hall–Kier alpha value is -0.570. The van der Waals surface area contributed by atoms with Crippen LogP contribution in [0.2, 0.25) is 5.02 Å². The summed E-state index contributed by atoms with van der Waals surface area (Å²) in [5.74, 6) is 0. The van der Waals surface area contributed by atoms with Gasteiger partial charge in [-0.15, -0.1) is 0 Å². The normalized spacial score (nSPS) is 26.1. The van der Waals surface area contributed by atoms with Crippen molar-refractivity contribution in [3.8, 4) is 0 Å². The predicted octanol–water partition coefficient (Wildman–Crippen LogP) is 1.52. The van der Waals surface area contributed by atoms with Crippen molar-refractivity contribution in [3.05, 3.63) is 34.3 Å². The molecule has 0 saturated heterocycles. The average molecular weight is 198 g/mol. The first-order valence-electron chi connectivity index (χ1n) is 4.36. The maximum Gasteiger partial charge on any atom is 0.0948 e. The minimum absolute atomic E-state index is 0.133. The zero-order valence-corrected chi connectivity index (χ0v) is 8.17. The molecule has 0 aromatic heterocycles. The maximum absolute atomic E-state index is 9.83. The van der Waals surface area contributed by atoms with Gasteiger partial charge in [-0.3, -0.25) is 0 Å². The molecule has 3 heteroatoms. The van der Waals surface area contributed by atoms with E-state index in [9.17, 15) is 5.11 Å². The third-order valence-corrected chi connectivity index (χ3v) is 2.85. The van der Waals surface area contributed by atoms with Gasteiger partial charge in [0, 0.05) is 11.1 Å². The first kappa shape index (κ1) is 9.00. The molecule has 0 fully saturated rings. The van der Waals surface area contributed by atoms with E-state index in [1.165, 1.54) is 0 Å². The van der Waals surface area contributed by atoms with Crippen LogP contribution in [-0.4, -0.2) is 18.2 Å². The molecule has 0 aliphatic heterocycles. The Morgan fingerprint density at radius 1 is 1.54 bits per heavy atom. The summed E-state index contributed by atoms with van der Waals surface area (Å²) < 4.78 is 0.